The van der Waals surface area contributed by atoms with Crippen molar-refractivity contribution < 1.29 is 13.2 Å². The van der Waals surface area contributed by atoms with Gasteiger partial charge in [0.1, 0.15) is 4.21 Å². The standard InChI is InChI=1S/C18H23N3O3S2/c22-18(20-15-7-2-1-3-8-15)19-12-11-16-9-4-5-13-21(16)26(23,24)17-10-6-14-25-17/h1-3,6-8,10,14,16H,4-5,9,11-13H2,(H2,19,20,22)/t16-/m1/s1. The quantitative estimate of drug-likeness (QED) is 0.788. The second-order valence-corrected chi connectivity index (χ2v) is 9.30. The van der Waals surface area contributed by atoms with E-state index in [1.165, 1.54) is 11.3 Å². The molecule has 1 fully saturated rings. The summed E-state index contributed by atoms with van der Waals surface area (Å²) in [5, 5.41) is 7.36. The molecule has 26 heavy (non-hydrogen) atoms. The van der Waals surface area contributed by atoms with Crippen molar-refractivity contribution in [3.8, 4) is 0 Å². The maximum absolute atomic E-state index is 12.8. The molecule has 1 aliphatic rings. The SMILES string of the molecule is O=C(NCC[C@H]1CCCCN1S(=O)(=O)c1cccs1)Nc1ccccc1. The molecule has 6 nitrogen and oxygen atoms in total. The largest absolute Gasteiger partial charge is 0.338 e. The smallest absolute Gasteiger partial charge is 0.319 e. The van der Waals surface area contributed by atoms with Crippen molar-refractivity contribution >= 4 is 33.1 Å². The van der Waals surface area contributed by atoms with Gasteiger partial charge in [-0.25, -0.2) is 13.2 Å². The Kier molecular flexibility index (Phi) is 6.29. The fourth-order valence-electron chi connectivity index (χ4n) is 3.15. The van der Waals surface area contributed by atoms with E-state index < -0.39 is 10.0 Å². The number of hydrogen-bond donors (Lipinski definition) is 2. The van der Waals surface area contributed by atoms with Crippen LogP contribution in [0.25, 0.3) is 0 Å². The third-order valence-corrected chi connectivity index (χ3v) is 7.75. The van der Waals surface area contributed by atoms with Crippen LogP contribution >= 0.6 is 11.3 Å². The number of carbonyl (C=O) groups excluding carboxylic acids is 1. The number of para-hydroxylation sites is 1. The van der Waals surface area contributed by atoms with E-state index in [1.807, 2.05) is 30.3 Å². The lowest BCUT2D eigenvalue weighted by atomic mass is 10.0. The Bertz CT molecular complexity index is 807. The van der Waals surface area contributed by atoms with Crippen LogP contribution < -0.4 is 10.6 Å². The first-order valence-electron chi connectivity index (χ1n) is 8.72. The first-order valence-corrected chi connectivity index (χ1v) is 11.0. The Morgan fingerprint density at radius 2 is 1.96 bits per heavy atom. The van der Waals surface area contributed by atoms with Crippen molar-refractivity contribution in [2.45, 2.75) is 35.9 Å². The van der Waals surface area contributed by atoms with E-state index in [0.29, 0.717) is 23.7 Å². The molecule has 0 radical (unpaired) electrons. The summed E-state index contributed by atoms with van der Waals surface area (Å²) in [7, 11) is -3.44. The zero-order valence-electron chi connectivity index (χ0n) is 14.4. The maximum atomic E-state index is 12.8. The van der Waals surface area contributed by atoms with E-state index in [4.69, 9.17) is 0 Å². The molecule has 1 aromatic carbocycles. The lowest BCUT2D eigenvalue weighted by molar-refractivity contribution is 0.234. The number of carbonyl (C=O) groups is 1. The third kappa shape index (κ3) is 4.63. The predicted molar refractivity (Wildman–Crippen MR) is 104 cm³/mol. The van der Waals surface area contributed by atoms with Gasteiger partial charge in [0.25, 0.3) is 10.0 Å². The monoisotopic (exact) mass is 393 g/mol. The number of thiophene rings is 1. The molecule has 2 amide bonds. The number of hydrogen-bond acceptors (Lipinski definition) is 4. The molecule has 1 atom stereocenters. The summed E-state index contributed by atoms with van der Waals surface area (Å²) < 4.78 is 27.7. The number of nitrogens with one attached hydrogen (secondary N) is 2. The van der Waals surface area contributed by atoms with E-state index in [9.17, 15) is 13.2 Å². The van der Waals surface area contributed by atoms with Gasteiger partial charge in [-0.1, -0.05) is 30.7 Å². The molecule has 1 saturated heterocycles. The van der Waals surface area contributed by atoms with Crippen molar-refractivity contribution in [1.82, 2.24) is 9.62 Å². The van der Waals surface area contributed by atoms with Gasteiger partial charge < -0.3 is 10.6 Å². The van der Waals surface area contributed by atoms with Crippen LogP contribution in [-0.4, -0.2) is 37.9 Å². The minimum absolute atomic E-state index is 0.0760. The number of urea groups is 1. The lowest BCUT2D eigenvalue weighted by Crippen LogP contribution is -2.45. The van der Waals surface area contributed by atoms with Gasteiger partial charge in [-0.15, -0.1) is 11.3 Å². The number of sulfonamides is 1. The fraction of sp³-hybridized carbons (Fsp3) is 0.389. The number of amides is 2. The second-order valence-electron chi connectivity index (χ2n) is 6.23. The molecule has 8 heteroatoms. The van der Waals surface area contributed by atoms with Gasteiger partial charge in [-0.2, -0.15) is 4.31 Å². The maximum Gasteiger partial charge on any atom is 0.319 e. The Hall–Kier alpha value is -1.90. The lowest BCUT2D eigenvalue weighted by Gasteiger charge is -2.34. The zero-order valence-corrected chi connectivity index (χ0v) is 16.1. The Morgan fingerprint density at radius 3 is 2.69 bits per heavy atom. The number of piperidine rings is 1. The summed E-state index contributed by atoms with van der Waals surface area (Å²) >= 11 is 1.25. The molecule has 0 saturated carbocycles. The summed E-state index contributed by atoms with van der Waals surface area (Å²) in [4.78, 5) is 12.0. The highest BCUT2D eigenvalue weighted by molar-refractivity contribution is 7.91. The van der Waals surface area contributed by atoms with Crippen LogP contribution in [0.15, 0.2) is 52.1 Å². The Balaban J connectivity index is 1.55. The molecule has 2 N–H and O–H groups in total. The van der Waals surface area contributed by atoms with E-state index in [-0.39, 0.29) is 12.1 Å². The van der Waals surface area contributed by atoms with Crippen LogP contribution in [0.2, 0.25) is 0 Å². The third-order valence-electron chi connectivity index (χ3n) is 4.43. The fourth-order valence-corrected chi connectivity index (χ4v) is 6.00. The zero-order chi connectivity index (χ0) is 18.4. The topological polar surface area (TPSA) is 78.5 Å². The number of benzene rings is 1. The van der Waals surface area contributed by atoms with Crippen LogP contribution in [0.4, 0.5) is 10.5 Å². The Morgan fingerprint density at radius 1 is 1.15 bits per heavy atom. The van der Waals surface area contributed by atoms with Crippen molar-refractivity contribution in [3.05, 3.63) is 47.8 Å². The van der Waals surface area contributed by atoms with Crippen LogP contribution in [0.5, 0.6) is 0 Å². The molecule has 0 unspecified atom stereocenters. The number of nitrogens with zero attached hydrogens (tertiary/aromatic N) is 1. The summed E-state index contributed by atoms with van der Waals surface area (Å²) in [6, 6.07) is 12.3. The van der Waals surface area contributed by atoms with E-state index in [2.05, 4.69) is 10.6 Å². The van der Waals surface area contributed by atoms with Crippen LogP contribution in [-0.2, 0) is 10.0 Å². The summed E-state index contributed by atoms with van der Waals surface area (Å²) in [6.07, 6.45) is 3.32. The van der Waals surface area contributed by atoms with Crippen molar-refractivity contribution in [2.24, 2.45) is 0 Å². The number of anilines is 1. The highest BCUT2D eigenvalue weighted by atomic mass is 32.2. The van der Waals surface area contributed by atoms with Crippen LogP contribution in [0.1, 0.15) is 25.7 Å². The van der Waals surface area contributed by atoms with Crippen LogP contribution in [0.3, 0.4) is 0 Å². The van der Waals surface area contributed by atoms with Gasteiger partial charge >= 0.3 is 6.03 Å². The molecule has 3 rings (SSSR count). The van der Waals surface area contributed by atoms with Gasteiger partial charge in [-0.05, 0) is 42.8 Å². The molecular weight excluding hydrogens is 370 g/mol. The highest BCUT2D eigenvalue weighted by Gasteiger charge is 2.33. The molecule has 2 heterocycles. The molecule has 1 aliphatic heterocycles. The normalized spacial score (nSPS) is 18.4. The summed E-state index contributed by atoms with van der Waals surface area (Å²) in [5.74, 6) is 0. The van der Waals surface area contributed by atoms with E-state index in [1.54, 1.807) is 21.8 Å². The summed E-state index contributed by atoms with van der Waals surface area (Å²) in [5.41, 5.74) is 0.726. The molecule has 0 aliphatic carbocycles. The highest BCUT2D eigenvalue weighted by Crippen LogP contribution is 2.29. The van der Waals surface area contributed by atoms with Gasteiger partial charge in [0.05, 0.1) is 0 Å². The van der Waals surface area contributed by atoms with Gasteiger partial charge in [0, 0.05) is 24.8 Å². The van der Waals surface area contributed by atoms with E-state index in [0.717, 1.165) is 24.9 Å². The molecule has 2 aromatic rings. The first-order chi connectivity index (χ1) is 12.6. The van der Waals surface area contributed by atoms with Crippen molar-refractivity contribution in [1.29, 1.82) is 0 Å². The van der Waals surface area contributed by atoms with Gasteiger partial charge in [0.2, 0.25) is 0 Å². The molecule has 140 valence electrons. The molecule has 1 aromatic heterocycles. The van der Waals surface area contributed by atoms with Crippen molar-refractivity contribution in [3.63, 3.8) is 0 Å². The minimum atomic E-state index is -3.44. The average molecular weight is 394 g/mol. The average Bonchev–Trinajstić information content (AvgIpc) is 3.18. The molecular formula is C18H23N3O3S2. The van der Waals surface area contributed by atoms with Crippen molar-refractivity contribution in [2.75, 3.05) is 18.4 Å². The molecule has 0 spiro atoms. The van der Waals surface area contributed by atoms with Gasteiger partial charge in [0.15, 0.2) is 0 Å². The number of rotatable bonds is 6. The van der Waals surface area contributed by atoms with Gasteiger partial charge in [-0.3, -0.25) is 0 Å². The van der Waals surface area contributed by atoms with E-state index >= 15 is 0 Å². The van der Waals surface area contributed by atoms with Crippen LogP contribution in [0, 0.1) is 0 Å². The second kappa shape index (κ2) is 8.66. The first kappa shape index (κ1) is 18.9. The predicted octanol–water partition coefficient (Wildman–Crippen LogP) is 3.50. The Labute approximate surface area is 158 Å². The minimum Gasteiger partial charge on any atom is -0.338 e. The summed E-state index contributed by atoms with van der Waals surface area (Å²) in [6.45, 7) is 0.973. The molecule has 0 bridgehead atoms.